The van der Waals surface area contributed by atoms with Crippen LogP contribution in [-0.4, -0.2) is 12.4 Å². The van der Waals surface area contributed by atoms with Crippen molar-refractivity contribution in [1.29, 1.82) is 5.26 Å². The van der Waals surface area contributed by atoms with Crippen LogP contribution in [0.25, 0.3) is 0 Å². The first kappa shape index (κ1) is 15.8. The summed E-state index contributed by atoms with van der Waals surface area (Å²) in [7, 11) is 0. The molecule has 0 atom stereocenters. The Morgan fingerprint density at radius 1 is 1.29 bits per heavy atom. The molecule has 1 aromatic rings. The highest BCUT2D eigenvalue weighted by molar-refractivity contribution is 6.17. The molecule has 0 fully saturated rings. The standard InChI is InChI=1S/C9H10N2.C5H11Cl/c1-2-11-9-5-3-4-8(6-9)7-10;1-2-3-4-5-6/h3-6,11H,2H2,1H3;2-5H2,1H3. The van der Waals surface area contributed by atoms with Crippen LogP contribution in [0.5, 0.6) is 0 Å². The number of hydrogen-bond acceptors (Lipinski definition) is 2. The fourth-order valence-electron chi connectivity index (χ4n) is 1.25. The molecular weight excluding hydrogens is 232 g/mol. The highest BCUT2D eigenvalue weighted by Crippen LogP contribution is 2.08. The SMILES string of the molecule is CCCCCCl.CCNc1cccc(C#N)c1. The van der Waals surface area contributed by atoms with E-state index < -0.39 is 0 Å². The zero-order valence-electron chi connectivity index (χ0n) is 10.7. The molecule has 2 nitrogen and oxygen atoms in total. The maximum atomic E-state index is 8.55. The summed E-state index contributed by atoms with van der Waals surface area (Å²) in [5.74, 6) is 0.827. The normalized spacial score (nSPS) is 8.82. The third-order valence-corrected chi connectivity index (χ3v) is 2.38. The van der Waals surface area contributed by atoms with E-state index in [0.29, 0.717) is 5.56 Å². The van der Waals surface area contributed by atoms with E-state index in [1.165, 1.54) is 19.3 Å². The van der Waals surface area contributed by atoms with Crippen LogP contribution in [0.4, 0.5) is 5.69 Å². The van der Waals surface area contributed by atoms with Gasteiger partial charge in [0.1, 0.15) is 0 Å². The number of halogens is 1. The number of hydrogen-bond donors (Lipinski definition) is 1. The Bertz CT molecular complexity index is 327. The van der Waals surface area contributed by atoms with E-state index in [9.17, 15) is 0 Å². The van der Waals surface area contributed by atoms with Crippen LogP contribution in [-0.2, 0) is 0 Å². The molecule has 1 rings (SSSR count). The average Bonchev–Trinajstić information content (AvgIpc) is 2.38. The summed E-state index contributed by atoms with van der Waals surface area (Å²) in [5.41, 5.74) is 1.70. The average molecular weight is 253 g/mol. The van der Waals surface area contributed by atoms with E-state index in [2.05, 4.69) is 18.3 Å². The predicted molar refractivity (Wildman–Crippen MR) is 75.6 cm³/mol. The van der Waals surface area contributed by atoms with Gasteiger partial charge >= 0.3 is 0 Å². The van der Waals surface area contributed by atoms with Crippen molar-refractivity contribution >= 4 is 17.3 Å². The fraction of sp³-hybridized carbons (Fsp3) is 0.500. The van der Waals surface area contributed by atoms with Gasteiger partial charge in [-0.1, -0.05) is 25.8 Å². The number of unbranched alkanes of at least 4 members (excludes halogenated alkanes) is 2. The molecule has 94 valence electrons. The lowest BCUT2D eigenvalue weighted by atomic mass is 10.2. The van der Waals surface area contributed by atoms with Crippen molar-refractivity contribution in [2.75, 3.05) is 17.7 Å². The van der Waals surface area contributed by atoms with Crippen LogP contribution < -0.4 is 5.32 Å². The number of nitrogens with one attached hydrogen (secondary N) is 1. The summed E-state index contributed by atoms with van der Waals surface area (Å²) >= 11 is 5.38. The first-order valence-corrected chi connectivity index (χ1v) is 6.61. The Balaban J connectivity index is 0.000000366. The van der Waals surface area contributed by atoms with Gasteiger partial charge in [0, 0.05) is 18.1 Å². The molecule has 0 saturated carbocycles. The Labute approximate surface area is 110 Å². The molecule has 0 bridgehead atoms. The molecule has 0 radical (unpaired) electrons. The molecule has 0 aromatic heterocycles. The highest BCUT2D eigenvalue weighted by Gasteiger charge is 1.90. The molecule has 1 aromatic carbocycles. The minimum absolute atomic E-state index is 0.698. The lowest BCUT2D eigenvalue weighted by Crippen LogP contribution is -1.95. The number of benzene rings is 1. The summed E-state index contributed by atoms with van der Waals surface area (Å²) in [5, 5.41) is 11.7. The zero-order valence-corrected chi connectivity index (χ0v) is 11.4. The minimum Gasteiger partial charge on any atom is -0.385 e. The van der Waals surface area contributed by atoms with Crippen molar-refractivity contribution in [2.45, 2.75) is 33.1 Å². The molecule has 0 saturated heterocycles. The summed E-state index contributed by atoms with van der Waals surface area (Å²) < 4.78 is 0. The topological polar surface area (TPSA) is 35.8 Å². The number of alkyl halides is 1. The Morgan fingerprint density at radius 3 is 2.53 bits per heavy atom. The Hall–Kier alpha value is -1.20. The zero-order chi connectivity index (χ0) is 12.9. The monoisotopic (exact) mass is 252 g/mol. The number of nitriles is 1. The van der Waals surface area contributed by atoms with Crippen molar-refractivity contribution in [2.24, 2.45) is 0 Å². The van der Waals surface area contributed by atoms with E-state index in [-0.39, 0.29) is 0 Å². The number of rotatable bonds is 5. The summed E-state index contributed by atoms with van der Waals surface area (Å²) in [4.78, 5) is 0. The van der Waals surface area contributed by atoms with Crippen LogP contribution in [0.3, 0.4) is 0 Å². The lowest BCUT2D eigenvalue weighted by molar-refractivity contribution is 0.776. The van der Waals surface area contributed by atoms with Crippen molar-refractivity contribution in [1.82, 2.24) is 0 Å². The van der Waals surface area contributed by atoms with Crippen LogP contribution >= 0.6 is 11.6 Å². The minimum atomic E-state index is 0.698. The fourth-order valence-corrected chi connectivity index (χ4v) is 1.44. The molecule has 0 spiro atoms. The van der Waals surface area contributed by atoms with Gasteiger partial charge in [0.2, 0.25) is 0 Å². The molecule has 0 aliphatic heterocycles. The maximum Gasteiger partial charge on any atom is 0.0992 e. The largest absolute Gasteiger partial charge is 0.385 e. The third kappa shape index (κ3) is 8.59. The molecule has 3 heteroatoms. The quantitative estimate of drug-likeness (QED) is 0.623. The van der Waals surface area contributed by atoms with Crippen molar-refractivity contribution in [3.8, 4) is 6.07 Å². The van der Waals surface area contributed by atoms with E-state index in [0.717, 1.165) is 18.1 Å². The molecule has 0 aliphatic carbocycles. The lowest BCUT2D eigenvalue weighted by Gasteiger charge is -2.01. The molecule has 0 unspecified atom stereocenters. The summed E-state index contributed by atoms with van der Waals surface area (Å²) in [6, 6.07) is 9.54. The second kappa shape index (κ2) is 11.3. The van der Waals surface area contributed by atoms with Crippen LogP contribution in [0, 0.1) is 11.3 Å². The summed E-state index contributed by atoms with van der Waals surface area (Å²) in [6.45, 7) is 5.08. The van der Waals surface area contributed by atoms with Crippen molar-refractivity contribution < 1.29 is 0 Å². The predicted octanol–water partition coefficient (Wildman–Crippen LogP) is 4.41. The van der Waals surface area contributed by atoms with E-state index in [1.54, 1.807) is 6.07 Å². The molecule has 0 amide bonds. The van der Waals surface area contributed by atoms with Gasteiger partial charge in [-0.15, -0.1) is 11.6 Å². The van der Waals surface area contributed by atoms with Gasteiger partial charge in [-0.2, -0.15) is 5.26 Å². The van der Waals surface area contributed by atoms with Gasteiger partial charge in [0.25, 0.3) is 0 Å². The summed E-state index contributed by atoms with van der Waals surface area (Å²) in [6.07, 6.45) is 3.73. The van der Waals surface area contributed by atoms with Gasteiger partial charge in [-0.05, 0) is 31.5 Å². The van der Waals surface area contributed by atoms with Crippen molar-refractivity contribution in [3.05, 3.63) is 29.8 Å². The van der Waals surface area contributed by atoms with Crippen molar-refractivity contribution in [3.63, 3.8) is 0 Å². The molecule has 0 heterocycles. The van der Waals surface area contributed by atoms with E-state index >= 15 is 0 Å². The molecule has 17 heavy (non-hydrogen) atoms. The van der Waals surface area contributed by atoms with E-state index in [4.69, 9.17) is 16.9 Å². The molecule has 0 aliphatic rings. The van der Waals surface area contributed by atoms with Gasteiger partial charge < -0.3 is 5.32 Å². The van der Waals surface area contributed by atoms with E-state index in [1.807, 2.05) is 25.1 Å². The van der Waals surface area contributed by atoms with Gasteiger partial charge in [-0.25, -0.2) is 0 Å². The smallest absolute Gasteiger partial charge is 0.0992 e. The maximum absolute atomic E-state index is 8.55. The second-order valence-corrected chi connectivity index (χ2v) is 4.00. The highest BCUT2D eigenvalue weighted by atomic mass is 35.5. The van der Waals surface area contributed by atoms with Gasteiger partial charge in [0.15, 0.2) is 0 Å². The first-order chi connectivity index (χ1) is 8.28. The Kier molecular flexibility index (Phi) is 10.5. The van der Waals surface area contributed by atoms with Crippen LogP contribution in [0.2, 0.25) is 0 Å². The number of nitrogens with zero attached hydrogens (tertiary/aromatic N) is 1. The Morgan fingerprint density at radius 2 is 2.06 bits per heavy atom. The van der Waals surface area contributed by atoms with Gasteiger partial charge in [-0.3, -0.25) is 0 Å². The van der Waals surface area contributed by atoms with Gasteiger partial charge in [0.05, 0.1) is 11.6 Å². The molecular formula is C14H21ClN2. The van der Waals surface area contributed by atoms with Crippen LogP contribution in [0.15, 0.2) is 24.3 Å². The first-order valence-electron chi connectivity index (χ1n) is 6.08. The molecule has 1 N–H and O–H groups in total. The second-order valence-electron chi connectivity index (χ2n) is 3.62. The van der Waals surface area contributed by atoms with Crippen LogP contribution in [0.1, 0.15) is 38.7 Å². The number of anilines is 1. The third-order valence-electron chi connectivity index (χ3n) is 2.11.